The van der Waals surface area contributed by atoms with Crippen molar-refractivity contribution in [3.05, 3.63) is 36.2 Å². The summed E-state index contributed by atoms with van der Waals surface area (Å²) in [5.41, 5.74) is -1.40. The number of halogens is 2. The summed E-state index contributed by atoms with van der Waals surface area (Å²) >= 11 is 4.23. The van der Waals surface area contributed by atoms with Crippen LogP contribution in [0.5, 0.6) is 5.75 Å². The molecule has 0 radical (unpaired) electrons. The Hall–Kier alpha value is -1.67. The molecule has 1 aromatic carbocycles. The van der Waals surface area contributed by atoms with E-state index in [9.17, 15) is 13.9 Å². The van der Waals surface area contributed by atoms with Crippen molar-refractivity contribution in [2.24, 2.45) is 5.41 Å². The van der Waals surface area contributed by atoms with Gasteiger partial charge in [-0.15, -0.1) is 12.6 Å². The van der Waals surface area contributed by atoms with Gasteiger partial charge in [0.1, 0.15) is 12.1 Å². The van der Waals surface area contributed by atoms with Gasteiger partial charge < -0.3 is 9.84 Å². The first-order valence-corrected chi connectivity index (χ1v) is 8.94. The monoisotopic (exact) mass is 385 g/mol. The second-order valence-corrected chi connectivity index (χ2v) is 7.78. The highest BCUT2D eigenvalue weighted by Crippen LogP contribution is 2.36. The first-order chi connectivity index (χ1) is 12.1. The third-order valence-electron chi connectivity index (χ3n) is 4.54. The predicted octanol–water partition coefficient (Wildman–Crippen LogP) is 3.87. The summed E-state index contributed by atoms with van der Waals surface area (Å²) in [6, 6.07) is 3.22. The summed E-state index contributed by atoms with van der Waals surface area (Å²) in [4.78, 5) is 3.96. The molecule has 0 fully saturated rings. The molecule has 2 aromatic rings. The number of aliphatic hydroxyl groups is 1. The van der Waals surface area contributed by atoms with E-state index in [4.69, 9.17) is 4.74 Å². The highest BCUT2D eigenvalue weighted by molar-refractivity contribution is 7.80. The van der Waals surface area contributed by atoms with Gasteiger partial charge in [-0.3, -0.25) is 0 Å². The van der Waals surface area contributed by atoms with Crippen molar-refractivity contribution >= 4 is 12.6 Å². The average Bonchev–Trinajstić information content (AvgIpc) is 2.92. The van der Waals surface area contributed by atoms with Crippen LogP contribution < -0.4 is 4.74 Å². The zero-order valence-electron chi connectivity index (χ0n) is 15.2. The van der Waals surface area contributed by atoms with E-state index in [1.165, 1.54) is 12.4 Å². The lowest BCUT2D eigenvalue weighted by molar-refractivity contribution is -0.0833. The molecular formula is C18H25F2N3O2S. The molecule has 5 nitrogen and oxygen atoms in total. The smallest absolute Gasteiger partial charge is 0.183 e. The normalized spacial score (nSPS) is 14.3. The molecule has 1 aromatic heterocycles. The summed E-state index contributed by atoms with van der Waals surface area (Å²) in [6.07, 6.45) is 3.21. The Morgan fingerprint density at radius 3 is 2.54 bits per heavy atom. The van der Waals surface area contributed by atoms with Gasteiger partial charge in [-0.05, 0) is 36.8 Å². The minimum Gasteiger partial charge on any atom is -0.491 e. The predicted molar refractivity (Wildman–Crippen MR) is 97.4 cm³/mol. The molecule has 0 bridgehead atoms. The van der Waals surface area contributed by atoms with Crippen molar-refractivity contribution in [3.63, 3.8) is 0 Å². The number of unbranched alkanes of at least 4 members (excludes halogenated alkanes) is 1. The summed E-state index contributed by atoms with van der Waals surface area (Å²) in [7, 11) is 0. The largest absolute Gasteiger partial charge is 0.491 e. The molecule has 0 amide bonds. The molecule has 8 heteroatoms. The fraction of sp³-hybridized carbons (Fsp3) is 0.556. The Morgan fingerprint density at radius 1 is 1.23 bits per heavy atom. The van der Waals surface area contributed by atoms with Crippen molar-refractivity contribution in [1.29, 1.82) is 0 Å². The van der Waals surface area contributed by atoms with E-state index < -0.39 is 17.2 Å². The highest BCUT2D eigenvalue weighted by Gasteiger charge is 2.40. The second-order valence-electron chi connectivity index (χ2n) is 7.38. The van der Waals surface area contributed by atoms with Gasteiger partial charge in [-0.2, -0.15) is 5.10 Å². The molecule has 1 atom stereocenters. The van der Waals surface area contributed by atoms with Crippen LogP contribution in [0.2, 0.25) is 0 Å². The number of hydrogen-bond acceptors (Lipinski definition) is 5. The highest BCUT2D eigenvalue weighted by atomic mass is 32.1. The topological polar surface area (TPSA) is 60.2 Å². The standard InChI is InChI=1S/C18H25F2N3O2S/c1-17(2,3)18(24,11-23-16(26)21-12-22-23)8-4-5-9-25-15-7-6-13(19)10-14(15)20/h6-7,10,12,24H,4-5,8-9,11H2,1-3H3,(H,21,22,26). The molecule has 0 saturated heterocycles. The lowest BCUT2D eigenvalue weighted by atomic mass is 9.73. The Bertz CT molecular complexity index is 733. The van der Waals surface area contributed by atoms with Crippen LogP contribution in [0.1, 0.15) is 40.0 Å². The summed E-state index contributed by atoms with van der Waals surface area (Å²) in [5, 5.41) is 15.7. The fourth-order valence-corrected chi connectivity index (χ4v) is 2.78. The number of aromatic nitrogens is 3. The molecule has 1 unspecified atom stereocenters. The maximum atomic E-state index is 13.5. The van der Waals surface area contributed by atoms with Gasteiger partial charge in [0, 0.05) is 6.07 Å². The number of ether oxygens (including phenoxy) is 1. The SMILES string of the molecule is CC(C)(C)C(O)(CCCCOc1ccc(F)cc1F)Cn1ncnc1S. The van der Waals surface area contributed by atoms with Crippen molar-refractivity contribution in [3.8, 4) is 5.75 Å². The van der Waals surface area contributed by atoms with E-state index in [-0.39, 0.29) is 24.3 Å². The Kier molecular flexibility index (Phi) is 6.63. The van der Waals surface area contributed by atoms with Gasteiger partial charge in [0.2, 0.25) is 0 Å². The molecule has 26 heavy (non-hydrogen) atoms. The van der Waals surface area contributed by atoms with Crippen molar-refractivity contribution in [1.82, 2.24) is 14.8 Å². The Labute approximate surface area is 157 Å². The van der Waals surface area contributed by atoms with Gasteiger partial charge in [0.05, 0.1) is 18.8 Å². The number of thiol groups is 1. The van der Waals surface area contributed by atoms with Crippen molar-refractivity contribution < 1.29 is 18.6 Å². The van der Waals surface area contributed by atoms with Gasteiger partial charge in [-0.1, -0.05) is 20.8 Å². The molecule has 1 heterocycles. The fourth-order valence-electron chi connectivity index (χ4n) is 2.60. The Balaban J connectivity index is 1.88. The van der Waals surface area contributed by atoms with Gasteiger partial charge >= 0.3 is 0 Å². The van der Waals surface area contributed by atoms with E-state index >= 15 is 0 Å². The molecule has 144 valence electrons. The summed E-state index contributed by atoms with van der Waals surface area (Å²) < 4.78 is 33.3. The number of hydrogen-bond donors (Lipinski definition) is 2. The lowest BCUT2D eigenvalue weighted by Crippen LogP contribution is -2.46. The second kappa shape index (κ2) is 8.35. The Morgan fingerprint density at radius 2 is 1.96 bits per heavy atom. The summed E-state index contributed by atoms with van der Waals surface area (Å²) in [5.74, 6) is -1.33. The van der Waals surface area contributed by atoms with E-state index in [2.05, 4.69) is 22.7 Å². The van der Waals surface area contributed by atoms with Gasteiger partial charge in [-0.25, -0.2) is 18.4 Å². The number of rotatable bonds is 8. The maximum Gasteiger partial charge on any atom is 0.183 e. The first kappa shape index (κ1) is 20.6. The van der Waals surface area contributed by atoms with E-state index in [0.29, 0.717) is 24.4 Å². The first-order valence-electron chi connectivity index (χ1n) is 8.49. The minimum atomic E-state index is -1.01. The molecule has 0 saturated carbocycles. The van der Waals surface area contributed by atoms with Crippen LogP contribution in [0.25, 0.3) is 0 Å². The molecule has 2 rings (SSSR count). The van der Waals surface area contributed by atoms with Crippen LogP contribution in [0, 0.1) is 17.0 Å². The molecule has 0 aliphatic carbocycles. The van der Waals surface area contributed by atoms with Gasteiger partial charge in [0.15, 0.2) is 16.7 Å². The quantitative estimate of drug-likeness (QED) is 0.535. The lowest BCUT2D eigenvalue weighted by Gasteiger charge is -2.40. The number of benzene rings is 1. The molecular weight excluding hydrogens is 360 g/mol. The van der Waals surface area contributed by atoms with Crippen LogP contribution in [-0.4, -0.2) is 32.1 Å². The van der Waals surface area contributed by atoms with E-state index in [1.807, 2.05) is 20.8 Å². The zero-order valence-corrected chi connectivity index (χ0v) is 16.1. The van der Waals surface area contributed by atoms with Crippen LogP contribution in [0.4, 0.5) is 8.78 Å². The van der Waals surface area contributed by atoms with E-state index in [1.54, 1.807) is 4.68 Å². The summed E-state index contributed by atoms with van der Waals surface area (Å²) in [6.45, 7) is 6.46. The molecule has 0 aliphatic heterocycles. The van der Waals surface area contributed by atoms with Crippen LogP contribution in [-0.2, 0) is 6.54 Å². The third kappa shape index (κ3) is 5.17. The van der Waals surface area contributed by atoms with Crippen LogP contribution in [0.15, 0.2) is 29.7 Å². The van der Waals surface area contributed by atoms with Crippen molar-refractivity contribution in [2.45, 2.75) is 57.3 Å². The molecule has 0 aliphatic rings. The van der Waals surface area contributed by atoms with E-state index in [0.717, 1.165) is 12.1 Å². The average molecular weight is 385 g/mol. The third-order valence-corrected chi connectivity index (χ3v) is 4.89. The molecule has 1 N–H and O–H groups in total. The maximum absolute atomic E-state index is 13.5. The zero-order chi connectivity index (χ0) is 19.4. The minimum absolute atomic E-state index is 0.0276. The van der Waals surface area contributed by atoms with Crippen LogP contribution in [0.3, 0.4) is 0 Å². The van der Waals surface area contributed by atoms with Crippen LogP contribution >= 0.6 is 12.6 Å². The molecule has 0 spiro atoms. The number of nitrogens with zero attached hydrogens (tertiary/aromatic N) is 3. The van der Waals surface area contributed by atoms with Gasteiger partial charge in [0.25, 0.3) is 0 Å². The van der Waals surface area contributed by atoms with Crippen molar-refractivity contribution in [2.75, 3.05) is 6.61 Å².